The molecule has 2 atom stereocenters. The first kappa shape index (κ1) is 13.9. The number of rotatable bonds is 4. The molecule has 102 valence electrons. The summed E-state index contributed by atoms with van der Waals surface area (Å²) in [6.07, 6.45) is 2.63. The van der Waals surface area contributed by atoms with Crippen molar-refractivity contribution in [1.29, 1.82) is 5.26 Å². The second-order valence-electron chi connectivity index (χ2n) is 5.51. The molecule has 1 aromatic rings. The molecule has 1 aliphatic rings. The fourth-order valence-electron chi connectivity index (χ4n) is 2.60. The number of nitriles is 1. The largest absolute Gasteiger partial charge is 0.492 e. The molecule has 0 saturated carbocycles. The predicted octanol–water partition coefficient (Wildman–Crippen LogP) is 3.06. The molecule has 0 bridgehead atoms. The number of piperidine rings is 1. The molecule has 0 spiro atoms. The van der Waals surface area contributed by atoms with Gasteiger partial charge in [-0.1, -0.05) is 6.92 Å². The number of hydrogen-bond acceptors (Lipinski definition) is 3. The normalized spacial score (nSPS) is 23.8. The van der Waals surface area contributed by atoms with Gasteiger partial charge in [0.2, 0.25) is 0 Å². The summed E-state index contributed by atoms with van der Waals surface area (Å²) in [6.45, 7) is 7.49. The van der Waals surface area contributed by atoms with Crippen LogP contribution in [0.1, 0.15) is 32.3 Å². The van der Waals surface area contributed by atoms with E-state index in [-0.39, 0.29) is 0 Å². The molecule has 0 aromatic heterocycles. The first-order valence-electron chi connectivity index (χ1n) is 7.06. The van der Waals surface area contributed by atoms with Gasteiger partial charge >= 0.3 is 0 Å². The van der Waals surface area contributed by atoms with E-state index in [2.05, 4.69) is 24.8 Å². The number of likely N-dealkylation sites (tertiary alicyclic amines) is 1. The second kappa shape index (κ2) is 6.58. The summed E-state index contributed by atoms with van der Waals surface area (Å²) in [5.74, 6) is 1.64. The molecule has 1 aliphatic heterocycles. The highest BCUT2D eigenvalue weighted by Gasteiger charge is 2.22. The van der Waals surface area contributed by atoms with Crippen molar-refractivity contribution in [2.24, 2.45) is 5.92 Å². The molecule has 0 aliphatic carbocycles. The van der Waals surface area contributed by atoms with Crippen LogP contribution in [0.2, 0.25) is 0 Å². The van der Waals surface area contributed by atoms with Crippen molar-refractivity contribution in [2.75, 3.05) is 19.7 Å². The highest BCUT2D eigenvalue weighted by atomic mass is 16.5. The highest BCUT2D eigenvalue weighted by molar-refractivity contribution is 5.34. The Hall–Kier alpha value is -1.53. The fourth-order valence-corrected chi connectivity index (χ4v) is 2.60. The molecule has 1 heterocycles. The van der Waals surface area contributed by atoms with Crippen LogP contribution in [0.4, 0.5) is 0 Å². The summed E-state index contributed by atoms with van der Waals surface area (Å²) < 4.78 is 5.74. The Morgan fingerprint density at radius 2 is 2.00 bits per heavy atom. The zero-order valence-electron chi connectivity index (χ0n) is 11.8. The summed E-state index contributed by atoms with van der Waals surface area (Å²) in [6, 6.07) is 10.1. The molecule has 2 rings (SSSR count). The van der Waals surface area contributed by atoms with E-state index in [9.17, 15) is 0 Å². The smallest absolute Gasteiger partial charge is 0.119 e. The van der Waals surface area contributed by atoms with Crippen molar-refractivity contribution >= 4 is 0 Å². The number of ether oxygens (including phenoxy) is 1. The van der Waals surface area contributed by atoms with Gasteiger partial charge < -0.3 is 4.74 Å². The number of benzene rings is 1. The molecule has 1 saturated heterocycles. The van der Waals surface area contributed by atoms with Crippen LogP contribution in [0, 0.1) is 17.2 Å². The summed E-state index contributed by atoms with van der Waals surface area (Å²) in [5, 5.41) is 8.73. The van der Waals surface area contributed by atoms with E-state index >= 15 is 0 Å². The van der Waals surface area contributed by atoms with E-state index in [1.807, 2.05) is 12.1 Å². The van der Waals surface area contributed by atoms with Crippen molar-refractivity contribution in [1.82, 2.24) is 4.90 Å². The molecule has 19 heavy (non-hydrogen) atoms. The minimum Gasteiger partial charge on any atom is -0.492 e. The van der Waals surface area contributed by atoms with E-state index in [0.717, 1.165) is 18.2 Å². The van der Waals surface area contributed by atoms with Gasteiger partial charge in [-0.05, 0) is 49.9 Å². The van der Waals surface area contributed by atoms with Gasteiger partial charge in [0.05, 0.1) is 11.6 Å². The minimum atomic E-state index is 0.667. The van der Waals surface area contributed by atoms with Crippen molar-refractivity contribution in [2.45, 2.75) is 32.7 Å². The predicted molar refractivity (Wildman–Crippen MR) is 76.1 cm³/mol. The lowest BCUT2D eigenvalue weighted by atomic mass is 9.95. The van der Waals surface area contributed by atoms with Crippen LogP contribution in [-0.2, 0) is 0 Å². The molecular weight excluding hydrogens is 236 g/mol. The van der Waals surface area contributed by atoms with Gasteiger partial charge in [-0.2, -0.15) is 5.26 Å². The summed E-state index contributed by atoms with van der Waals surface area (Å²) in [5.41, 5.74) is 0.672. The van der Waals surface area contributed by atoms with E-state index in [4.69, 9.17) is 10.00 Å². The molecule has 0 radical (unpaired) electrons. The molecular formula is C16H22N2O. The van der Waals surface area contributed by atoms with E-state index in [0.29, 0.717) is 18.2 Å². The van der Waals surface area contributed by atoms with Crippen LogP contribution in [0.25, 0.3) is 0 Å². The third kappa shape index (κ3) is 3.97. The quantitative estimate of drug-likeness (QED) is 0.832. The molecule has 3 nitrogen and oxygen atoms in total. The number of nitrogens with zero attached hydrogens (tertiary/aromatic N) is 2. The van der Waals surface area contributed by atoms with Gasteiger partial charge in [-0.3, -0.25) is 4.90 Å². The van der Waals surface area contributed by atoms with Crippen molar-refractivity contribution in [3.05, 3.63) is 29.8 Å². The molecule has 1 fully saturated rings. The molecule has 1 aromatic carbocycles. The van der Waals surface area contributed by atoms with Gasteiger partial charge in [0.25, 0.3) is 0 Å². The third-order valence-corrected chi connectivity index (χ3v) is 3.88. The lowest BCUT2D eigenvalue weighted by molar-refractivity contribution is 0.105. The van der Waals surface area contributed by atoms with Gasteiger partial charge in [0.1, 0.15) is 12.4 Å². The lowest BCUT2D eigenvalue weighted by Gasteiger charge is -2.36. The van der Waals surface area contributed by atoms with Gasteiger partial charge in [0, 0.05) is 19.1 Å². The second-order valence-corrected chi connectivity index (χ2v) is 5.51. The van der Waals surface area contributed by atoms with E-state index in [1.165, 1.54) is 19.4 Å². The molecule has 2 unspecified atom stereocenters. The average molecular weight is 258 g/mol. The van der Waals surface area contributed by atoms with Crippen LogP contribution in [-0.4, -0.2) is 30.6 Å². The molecule has 3 heteroatoms. The zero-order chi connectivity index (χ0) is 13.7. The Kier molecular flexibility index (Phi) is 4.81. The third-order valence-electron chi connectivity index (χ3n) is 3.88. The van der Waals surface area contributed by atoms with Gasteiger partial charge in [-0.15, -0.1) is 0 Å². The maximum Gasteiger partial charge on any atom is 0.119 e. The Labute approximate surface area is 115 Å². The van der Waals surface area contributed by atoms with Gasteiger partial charge in [-0.25, -0.2) is 0 Å². The average Bonchev–Trinajstić information content (AvgIpc) is 2.43. The minimum absolute atomic E-state index is 0.667. The Balaban J connectivity index is 1.77. The summed E-state index contributed by atoms with van der Waals surface area (Å²) >= 11 is 0. The maximum absolute atomic E-state index is 8.73. The number of hydrogen-bond donors (Lipinski definition) is 0. The van der Waals surface area contributed by atoms with E-state index < -0.39 is 0 Å². The SMILES string of the molecule is CC1CCC(C)N(CCOc2ccc(C#N)cc2)C1. The van der Waals surface area contributed by atoms with Crippen LogP contribution in [0.5, 0.6) is 5.75 Å². The van der Waals surface area contributed by atoms with Gasteiger partial charge in [0.15, 0.2) is 0 Å². The van der Waals surface area contributed by atoms with Crippen molar-refractivity contribution in [3.8, 4) is 11.8 Å². The Morgan fingerprint density at radius 1 is 1.26 bits per heavy atom. The van der Waals surface area contributed by atoms with Crippen LogP contribution in [0.15, 0.2) is 24.3 Å². The maximum atomic E-state index is 8.73. The van der Waals surface area contributed by atoms with Crippen LogP contribution < -0.4 is 4.74 Å². The Bertz CT molecular complexity index is 435. The molecule has 0 amide bonds. The monoisotopic (exact) mass is 258 g/mol. The lowest BCUT2D eigenvalue weighted by Crippen LogP contribution is -2.43. The first-order valence-corrected chi connectivity index (χ1v) is 7.06. The van der Waals surface area contributed by atoms with Crippen LogP contribution in [0.3, 0.4) is 0 Å². The standard InChI is InChI=1S/C16H22N2O/c1-13-3-4-14(2)18(12-13)9-10-19-16-7-5-15(11-17)6-8-16/h5-8,13-14H,3-4,9-10,12H2,1-2H3. The zero-order valence-corrected chi connectivity index (χ0v) is 11.8. The van der Waals surface area contributed by atoms with Crippen LogP contribution >= 0.6 is 0 Å². The van der Waals surface area contributed by atoms with E-state index in [1.54, 1.807) is 12.1 Å². The topological polar surface area (TPSA) is 36.3 Å². The first-order chi connectivity index (χ1) is 9.19. The molecule has 0 N–H and O–H groups in total. The Morgan fingerprint density at radius 3 is 2.68 bits per heavy atom. The van der Waals surface area contributed by atoms with Crippen molar-refractivity contribution < 1.29 is 4.74 Å². The van der Waals surface area contributed by atoms with Crippen molar-refractivity contribution in [3.63, 3.8) is 0 Å². The highest BCUT2D eigenvalue weighted by Crippen LogP contribution is 2.21. The summed E-state index contributed by atoms with van der Waals surface area (Å²) in [4.78, 5) is 2.51. The summed E-state index contributed by atoms with van der Waals surface area (Å²) in [7, 11) is 0. The fraction of sp³-hybridized carbons (Fsp3) is 0.562.